The minimum Gasteiger partial charge on any atom is -0.303 e. The third kappa shape index (κ3) is 7.03. The lowest BCUT2D eigenvalue weighted by Crippen LogP contribution is -2.07. The number of rotatable bonds is 4. The summed E-state index contributed by atoms with van der Waals surface area (Å²) in [4.78, 5) is 10.6. The number of hydrogen-bond acceptors (Lipinski definition) is 3. The standard InChI is InChI=1S/C8H16N2O/c1-7(5-8(2)11)6-9-10(3)4/h6-7H,5H2,1-4H3/b9-6+. The number of hydrogen-bond donors (Lipinski definition) is 0. The van der Waals surface area contributed by atoms with Crippen LogP contribution in [0.25, 0.3) is 0 Å². The van der Waals surface area contributed by atoms with Crippen LogP contribution in [0.3, 0.4) is 0 Å². The van der Waals surface area contributed by atoms with Crippen LogP contribution >= 0.6 is 0 Å². The van der Waals surface area contributed by atoms with Crippen molar-refractivity contribution in [2.24, 2.45) is 11.0 Å². The predicted octanol–water partition coefficient (Wildman–Crippen LogP) is 1.15. The second-order valence-electron chi connectivity index (χ2n) is 3.00. The monoisotopic (exact) mass is 156 g/mol. The van der Waals surface area contributed by atoms with E-state index in [0.29, 0.717) is 6.42 Å². The van der Waals surface area contributed by atoms with Gasteiger partial charge in [0, 0.05) is 32.6 Å². The van der Waals surface area contributed by atoms with Gasteiger partial charge in [-0.25, -0.2) is 0 Å². The molecule has 64 valence electrons. The Hall–Kier alpha value is -0.860. The van der Waals surface area contributed by atoms with E-state index in [1.807, 2.05) is 21.0 Å². The molecule has 11 heavy (non-hydrogen) atoms. The first-order valence-electron chi connectivity index (χ1n) is 3.73. The van der Waals surface area contributed by atoms with Crippen LogP contribution in [0, 0.1) is 5.92 Å². The van der Waals surface area contributed by atoms with Crippen molar-refractivity contribution in [3.05, 3.63) is 0 Å². The third-order valence-electron chi connectivity index (χ3n) is 1.16. The van der Waals surface area contributed by atoms with Crippen molar-refractivity contribution in [3.8, 4) is 0 Å². The highest BCUT2D eigenvalue weighted by Gasteiger charge is 2.00. The highest BCUT2D eigenvalue weighted by molar-refractivity contribution is 5.79. The van der Waals surface area contributed by atoms with E-state index in [4.69, 9.17) is 0 Å². The zero-order valence-corrected chi connectivity index (χ0v) is 7.66. The van der Waals surface area contributed by atoms with Gasteiger partial charge in [0.05, 0.1) is 0 Å². The molecule has 0 rings (SSSR count). The molecule has 0 radical (unpaired) electrons. The molecule has 1 atom stereocenters. The molecule has 0 saturated heterocycles. The van der Waals surface area contributed by atoms with Crippen molar-refractivity contribution in [1.29, 1.82) is 0 Å². The molecule has 0 aromatic rings. The molecule has 0 fully saturated rings. The molecule has 0 aliphatic carbocycles. The fraction of sp³-hybridized carbons (Fsp3) is 0.750. The average Bonchev–Trinajstić information content (AvgIpc) is 1.82. The molecule has 0 aliphatic rings. The first-order valence-corrected chi connectivity index (χ1v) is 3.73. The van der Waals surface area contributed by atoms with Gasteiger partial charge in [-0.3, -0.25) is 0 Å². The highest BCUT2D eigenvalue weighted by atomic mass is 16.1. The van der Waals surface area contributed by atoms with Crippen molar-refractivity contribution >= 4 is 12.0 Å². The molecule has 0 spiro atoms. The van der Waals surface area contributed by atoms with E-state index in [1.165, 1.54) is 0 Å². The topological polar surface area (TPSA) is 32.7 Å². The summed E-state index contributed by atoms with van der Waals surface area (Å²) in [6.45, 7) is 3.58. The molecule has 3 nitrogen and oxygen atoms in total. The summed E-state index contributed by atoms with van der Waals surface area (Å²) < 4.78 is 0. The van der Waals surface area contributed by atoms with Gasteiger partial charge >= 0.3 is 0 Å². The summed E-state index contributed by atoms with van der Waals surface area (Å²) in [5.74, 6) is 0.456. The second-order valence-corrected chi connectivity index (χ2v) is 3.00. The van der Waals surface area contributed by atoms with Crippen LogP contribution in [0.2, 0.25) is 0 Å². The lowest BCUT2D eigenvalue weighted by molar-refractivity contribution is -0.117. The van der Waals surface area contributed by atoms with Crippen LogP contribution in [0.1, 0.15) is 20.3 Å². The first-order chi connectivity index (χ1) is 5.02. The van der Waals surface area contributed by atoms with Crippen LogP contribution in [0.4, 0.5) is 0 Å². The summed E-state index contributed by atoms with van der Waals surface area (Å²) in [6.07, 6.45) is 2.37. The number of carbonyl (C=O) groups is 1. The Kier molecular flexibility index (Phi) is 4.50. The van der Waals surface area contributed by atoms with E-state index in [1.54, 1.807) is 18.1 Å². The Labute approximate surface area is 68.1 Å². The quantitative estimate of drug-likeness (QED) is 0.452. The fourth-order valence-corrected chi connectivity index (χ4v) is 0.753. The van der Waals surface area contributed by atoms with Gasteiger partial charge in [-0.15, -0.1) is 0 Å². The predicted molar refractivity (Wildman–Crippen MR) is 46.6 cm³/mol. The summed E-state index contributed by atoms with van der Waals surface area (Å²) in [6, 6.07) is 0. The van der Waals surface area contributed by atoms with Gasteiger partial charge < -0.3 is 9.80 Å². The lowest BCUT2D eigenvalue weighted by Gasteiger charge is -2.05. The van der Waals surface area contributed by atoms with E-state index in [-0.39, 0.29) is 11.7 Å². The number of hydrazone groups is 1. The van der Waals surface area contributed by atoms with Gasteiger partial charge in [0.15, 0.2) is 0 Å². The molecular weight excluding hydrogens is 140 g/mol. The van der Waals surface area contributed by atoms with E-state index in [0.717, 1.165) is 0 Å². The van der Waals surface area contributed by atoms with Gasteiger partial charge in [-0.1, -0.05) is 6.92 Å². The van der Waals surface area contributed by atoms with Gasteiger partial charge in [-0.2, -0.15) is 5.10 Å². The van der Waals surface area contributed by atoms with E-state index in [2.05, 4.69) is 5.10 Å². The zero-order valence-electron chi connectivity index (χ0n) is 7.66. The van der Waals surface area contributed by atoms with E-state index >= 15 is 0 Å². The Morgan fingerprint density at radius 3 is 2.55 bits per heavy atom. The minimum atomic E-state index is 0.211. The Balaban J connectivity index is 3.68. The number of nitrogens with zero attached hydrogens (tertiary/aromatic N) is 2. The fourth-order valence-electron chi connectivity index (χ4n) is 0.753. The summed E-state index contributed by atoms with van der Waals surface area (Å²) in [5, 5.41) is 5.75. The maximum atomic E-state index is 10.6. The Morgan fingerprint density at radius 2 is 2.18 bits per heavy atom. The van der Waals surface area contributed by atoms with Gasteiger partial charge in [-0.05, 0) is 6.92 Å². The minimum absolute atomic E-state index is 0.211. The molecule has 0 aromatic heterocycles. The molecule has 0 aliphatic heterocycles. The van der Waals surface area contributed by atoms with Crippen LogP contribution in [-0.4, -0.2) is 31.1 Å². The van der Waals surface area contributed by atoms with Crippen molar-refractivity contribution in [2.75, 3.05) is 14.1 Å². The van der Waals surface area contributed by atoms with Crippen molar-refractivity contribution in [1.82, 2.24) is 5.01 Å². The van der Waals surface area contributed by atoms with Crippen molar-refractivity contribution in [3.63, 3.8) is 0 Å². The number of carbonyl (C=O) groups excluding carboxylic acids is 1. The smallest absolute Gasteiger partial charge is 0.130 e. The Bertz CT molecular complexity index is 152. The van der Waals surface area contributed by atoms with Gasteiger partial charge in [0.1, 0.15) is 5.78 Å². The molecule has 0 aromatic carbocycles. The molecular formula is C8H16N2O. The SMILES string of the molecule is CC(=O)CC(C)/C=N/N(C)C. The normalized spacial score (nSPS) is 13.5. The number of ketones is 1. The molecule has 3 heteroatoms. The number of Topliss-reactive ketones (excluding diaryl/α,β-unsaturated/α-hetero) is 1. The average molecular weight is 156 g/mol. The van der Waals surface area contributed by atoms with Gasteiger partial charge in [0.2, 0.25) is 0 Å². The Morgan fingerprint density at radius 1 is 1.64 bits per heavy atom. The van der Waals surface area contributed by atoms with Crippen molar-refractivity contribution < 1.29 is 4.79 Å². The largest absolute Gasteiger partial charge is 0.303 e. The van der Waals surface area contributed by atoms with Crippen molar-refractivity contribution in [2.45, 2.75) is 20.3 Å². The molecule has 0 bridgehead atoms. The third-order valence-corrected chi connectivity index (χ3v) is 1.16. The second kappa shape index (κ2) is 4.88. The van der Waals surface area contributed by atoms with Crippen LogP contribution < -0.4 is 0 Å². The van der Waals surface area contributed by atoms with Crippen LogP contribution in [0.15, 0.2) is 5.10 Å². The maximum Gasteiger partial charge on any atom is 0.130 e. The highest BCUT2D eigenvalue weighted by Crippen LogP contribution is 1.98. The van der Waals surface area contributed by atoms with Gasteiger partial charge in [0.25, 0.3) is 0 Å². The summed E-state index contributed by atoms with van der Waals surface area (Å²) in [5.41, 5.74) is 0. The first kappa shape index (κ1) is 10.1. The molecule has 0 amide bonds. The summed E-state index contributed by atoms with van der Waals surface area (Å²) >= 11 is 0. The summed E-state index contributed by atoms with van der Waals surface area (Å²) in [7, 11) is 3.72. The van der Waals surface area contributed by atoms with E-state index in [9.17, 15) is 4.79 Å². The molecule has 0 saturated carbocycles. The van der Waals surface area contributed by atoms with E-state index < -0.39 is 0 Å². The van der Waals surface area contributed by atoms with Crippen LogP contribution in [0.5, 0.6) is 0 Å². The zero-order chi connectivity index (χ0) is 8.85. The molecule has 0 heterocycles. The maximum absolute atomic E-state index is 10.6. The molecule has 1 unspecified atom stereocenters. The molecule has 0 N–H and O–H groups in total. The lowest BCUT2D eigenvalue weighted by atomic mass is 10.1. The van der Waals surface area contributed by atoms with Crippen LogP contribution in [-0.2, 0) is 4.79 Å².